The number of halogens is 1. The molecular formula is C21H26FN3OS. The zero-order valence-corrected chi connectivity index (χ0v) is 17.5. The molecule has 0 spiro atoms. The fourth-order valence-electron chi connectivity index (χ4n) is 3.65. The van der Waals surface area contributed by atoms with E-state index in [-0.39, 0.29) is 22.7 Å². The van der Waals surface area contributed by atoms with E-state index in [0.29, 0.717) is 4.88 Å². The molecule has 0 fully saturated rings. The summed E-state index contributed by atoms with van der Waals surface area (Å²) in [6.45, 7) is 12.5. The molecule has 0 unspecified atom stereocenters. The van der Waals surface area contributed by atoms with Crippen LogP contribution in [0.25, 0.3) is 16.2 Å². The summed E-state index contributed by atoms with van der Waals surface area (Å²) in [5.41, 5.74) is 2.31. The first-order valence-electron chi connectivity index (χ1n) is 9.02. The highest BCUT2D eigenvalue weighted by Gasteiger charge is 2.29. The lowest BCUT2D eigenvalue weighted by Gasteiger charge is -2.33. The fraction of sp³-hybridized carbons (Fsp3) is 0.429. The van der Waals surface area contributed by atoms with Crippen molar-refractivity contribution in [2.45, 2.75) is 53.5 Å². The van der Waals surface area contributed by atoms with Crippen LogP contribution in [0.15, 0.2) is 30.5 Å². The lowest BCUT2D eigenvalue weighted by molar-refractivity contribution is 0.0894. The van der Waals surface area contributed by atoms with Gasteiger partial charge in [0.05, 0.1) is 5.69 Å². The van der Waals surface area contributed by atoms with Crippen molar-refractivity contribution in [3.8, 4) is 11.3 Å². The van der Waals surface area contributed by atoms with E-state index in [1.807, 2.05) is 17.5 Å². The quantitative estimate of drug-likeness (QED) is 0.646. The minimum absolute atomic E-state index is 0.0689. The Morgan fingerprint density at radius 2 is 1.81 bits per heavy atom. The zero-order chi connectivity index (χ0) is 20.0. The number of carbonyl (C=O) groups excluding carboxylic acids is 1. The third-order valence-corrected chi connectivity index (χ3v) is 5.48. The van der Waals surface area contributed by atoms with Gasteiger partial charge in [-0.2, -0.15) is 0 Å². The van der Waals surface area contributed by atoms with Crippen molar-refractivity contribution in [1.82, 2.24) is 14.7 Å². The van der Waals surface area contributed by atoms with Crippen LogP contribution in [0.4, 0.5) is 4.39 Å². The molecule has 144 valence electrons. The molecule has 0 atom stereocenters. The van der Waals surface area contributed by atoms with Gasteiger partial charge in [-0.25, -0.2) is 9.37 Å². The molecule has 0 saturated heterocycles. The van der Waals surface area contributed by atoms with Crippen LogP contribution in [-0.2, 0) is 0 Å². The van der Waals surface area contributed by atoms with Crippen LogP contribution in [0.2, 0.25) is 0 Å². The predicted octanol–water partition coefficient (Wildman–Crippen LogP) is 5.45. The van der Waals surface area contributed by atoms with Crippen LogP contribution in [0, 0.1) is 18.2 Å². The summed E-state index contributed by atoms with van der Waals surface area (Å²) < 4.78 is 15.0. The molecule has 0 saturated carbocycles. The Morgan fingerprint density at radius 1 is 1.19 bits per heavy atom. The van der Waals surface area contributed by atoms with E-state index >= 15 is 0 Å². The molecule has 0 aliphatic heterocycles. The van der Waals surface area contributed by atoms with Gasteiger partial charge in [0.1, 0.15) is 10.7 Å². The topological polar surface area (TPSA) is 46.4 Å². The van der Waals surface area contributed by atoms with E-state index in [2.05, 4.69) is 44.9 Å². The van der Waals surface area contributed by atoms with Gasteiger partial charge in [-0.1, -0.05) is 32.1 Å². The minimum atomic E-state index is -0.298. The van der Waals surface area contributed by atoms with Crippen LogP contribution < -0.4 is 5.32 Å². The molecule has 3 aromatic rings. The van der Waals surface area contributed by atoms with Crippen LogP contribution in [-0.4, -0.2) is 20.8 Å². The van der Waals surface area contributed by atoms with E-state index in [0.717, 1.165) is 28.3 Å². The van der Waals surface area contributed by atoms with Crippen molar-refractivity contribution in [2.24, 2.45) is 5.41 Å². The van der Waals surface area contributed by atoms with Crippen molar-refractivity contribution in [3.05, 3.63) is 46.9 Å². The van der Waals surface area contributed by atoms with Crippen molar-refractivity contribution >= 4 is 22.2 Å². The van der Waals surface area contributed by atoms with Crippen LogP contribution in [0.1, 0.15) is 56.4 Å². The lowest BCUT2D eigenvalue weighted by atomic mass is 9.82. The molecule has 0 radical (unpaired) electrons. The zero-order valence-electron chi connectivity index (χ0n) is 16.7. The molecule has 6 heteroatoms. The summed E-state index contributed by atoms with van der Waals surface area (Å²) in [7, 11) is 0. The Kier molecular flexibility index (Phi) is 4.89. The number of aromatic nitrogens is 2. The van der Waals surface area contributed by atoms with Crippen LogP contribution in [0.3, 0.4) is 0 Å². The number of hydrogen-bond donors (Lipinski definition) is 1. The lowest BCUT2D eigenvalue weighted by Crippen LogP contribution is -2.45. The van der Waals surface area contributed by atoms with Gasteiger partial charge in [-0.15, -0.1) is 0 Å². The number of nitrogens with one attached hydrogen (secondary N) is 1. The molecule has 1 aromatic carbocycles. The second-order valence-corrected chi connectivity index (χ2v) is 9.86. The summed E-state index contributed by atoms with van der Waals surface area (Å²) in [5, 5.41) is 3.16. The average molecular weight is 388 g/mol. The number of fused-ring (bicyclic) bond motifs is 1. The Hall–Kier alpha value is -2.21. The number of rotatable bonds is 4. The van der Waals surface area contributed by atoms with Gasteiger partial charge in [0.2, 0.25) is 0 Å². The molecule has 1 N–H and O–H groups in total. The number of amides is 1. The van der Waals surface area contributed by atoms with Crippen LogP contribution in [0.5, 0.6) is 0 Å². The molecule has 2 aromatic heterocycles. The first kappa shape index (κ1) is 19.5. The van der Waals surface area contributed by atoms with Crippen molar-refractivity contribution in [1.29, 1.82) is 0 Å². The first-order valence-corrected chi connectivity index (χ1v) is 9.84. The molecule has 0 aliphatic carbocycles. The van der Waals surface area contributed by atoms with E-state index < -0.39 is 0 Å². The van der Waals surface area contributed by atoms with Gasteiger partial charge in [-0.3, -0.25) is 9.20 Å². The second-order valence-electron chi connectivity index (χ2n) is 8.88. The molecule has 1 amide bonds. The normalized spacial score (nSPS) is 12.6. The smallest absolute Gasteiger partial charge is 0.263 e. The van der Waals surface area contributed by atoms with E-state index in [9.17, 15) is 9.18 Å². The van der Waals surface area contributed by atoms with E-state index in [4.69, 9.17) is 0 Å². The van der Waals surface area contributed by atoms with Crippen molar-refractivity contribution in [2.75, 3.05) is 0 Å². The van der Waals surface area contributed by atoms with Gasteiger partial charge < -0.3 is 5.32 Å². The van der Waals surface area contributed by atoms with Gasteiger partial charge in [0, 0.05) is 23.0 Å². The number of thiazole rings is 1. The fourth-order valence-corrected chi connectivity index (χ4v) is 4.66. The molecule has 27 heavy (non-hydrogen) atoms. The highest BCUT2D eigenvalue weighted by molar-refractivity contribution is 7.19. The third kappa shape index (κ3) is 4.38. The molecule has 4 nitrogen and oxygen atoms in total. The van der Waals surface area contributed by atoms with Crippen molar-refractivity contribution < 1.29 is 9.18 Å². The number of hydrogen-bond acceptors (Lipinski definition) is 3. The number of benzene rings is 1. The standard InChI is InChI=1S/C21H26FN3OS/c1-13-17(18(26)24-21(5,6)12-20(2,3)4)27-19-23-16(11-25(13)19)14-7-9-15(22)10-8-14/h7-11H,12H2,1-6H3,(H,24,26). The maximum Gasteiger partial charge on any atom is 0.263 e. The molecule has 0 bridgehead atoms. The summed E-state index contributed by atoms with van der Waals surface area (Å²) in [5.74, 6) is -0.339. The number of nitrogens with zero attached hydrogens (tertiary/aromatic N) is 2. The van der Waals surface area contributed by atoms with Gasteiger partial charge >= 0.3 is 0 Å². The van der Waals surface area contributed by atoms with Gasteiger partial charge in [0.25, 0.3) is 5.91 Å². The molecule has 2 heterocycles. The Balaban J connectivity index is 1.86. The SMILES string of the molecule is Cc1c(C(=O)NC(C)(C)CC(C)(C)C)sc2nc(-c3ccc(F)cc3)cn12. The van der Waals surface area contributed by atoms with Gasteiger partial charge in [0.15, 0.2) is 4.96 Å². The Labute approximate surface area is 163 Å². The van der Waals surface area contributed by atoms with E-state index in [1.54, 1.807) is 12.1 Å². The Bertz CT molecular complexity index is 977. The Morgan fingerprint density at radius 3 is 2.37 bits per heavy atom. The number of aryl methyl sites for hydroxylation is 1. The minimum Gasteiger partial charge on any atom is -0.346 e. The highest BCUT2D eigenvalue weighted by atomic mass is 32.1. The maximum absolute atomic E-state index is 13.1. The molecule has 3 rings (SSSR count). The molecular weight excluding hydrogens is 361 g/mol. The summed E-state index contributed by atoms with van der Waals surface area (Å²) in [6, 6.07) is 6.26. The molecule has 0 aliphatic rings. The van der Waals surface area contributed by atoms with Crippen molar-refractivity contribution in [3.63, 3.8) is 0 Å². The summed E-state index contributed by atoms with van der Waals surface area (Å²) >= 11 is 1.38. The number of carbonyl (C=O) groups is 1. The van der Waals surface area contributed by atoms with Gasteiger partial charge in [-0.05, 0) is 56.9 Å². The predicted molar refractivity (Wildman–Crippen MR) is 109 cm³/mol. The second kappa shape index (κ2) is 6.75. The monoisotopic (exact) mass is 387 g/mol. The first-order chi connectivity index (χ1) is 12.5. The number of imidazole rings is 1. The van der Waals surface area contributed by atoms with Crippen LogP contribution >= 0.6 is 11.3 Å². The maximum atomic E-state index is 13.1. The highest BCUT2D eigenvalue weighted by Crippen LogP contribution is 2.30. The summed E-state index contributed by atoms with van der Waals surface area (Å²) in [4.78, 5) is 18.9. The summed E-state index contributed by atoms with van der Waals surface area (Å²) in [6.07, 6.45) is 2.77. The van der Waals surface area contributed by atoms with E-state index in [1.165, 1.54) is 23.5 Å². The third-order valence-electron chi connectivity index (χ3n) is 4.33. The largest absolute Gasteiger partial charge is 0.346 e. The average Bonchev–Trinajstić information content (AvgIpc) is 3.05.